The van der Waals surface area contributed by atoms with Gasteiger partial charge in [-0.2, -0.15) is 13.2 Å². The molecule has 1 aliphatic rings. The van der Waals surface area contributed by atoms with Crippen molar-refractivity contribution in [3.63, 3.8) is 0 Å². The molecule has 2 aromatic rings. The molecule has 0 spiro atoms. The van der Waals surface area contributed by atoms with Gasteiger partial charge in [0.2, 0.25) is 5.91 Å². The minimum atomic E-state index is -4.45. The average molecular weight is 414 g/mol. The van der Waals surface area contributed by atoms with Crippen LogP contribution >= 0.6 is 0 Å². The zero-order valence-corrected chi connectivity index (χ0v) is 16.0. The molecule has 0 radical (unpaired) electrons. The molecule has 0 fully saturated rings. The van der Waals surface area contributed by atoms with Crippen molar-refractivity contribution < 1.29 is 27.6 Å². The van der Waals surface area contributed by atoms with Crippen molar-refractivity contribution in [2.24, 2.45) is 0 Å². The summed E-state index contributed by atoms with van der Waals surface area (Å²) < 4.78 is 38.0. The molecule has 2 aromatic carbocycles. The Kier molecular flexibility index (Phi) is 5.92. The molecule has 3 amide bonds. The lowest BCUT2D eigenvalue weighted by atomic mass is 10.1. The summed E-state index contributed by atoms with van der Waals surface area (Å²) in [5.41, 5.74) is 0.883. The molecule has 1 heterocycles. The van der Waals surface area contributed by atoms with Crippen LogP contribution in [0.1, 0.15) is 43.8 Å². The number of carbonyl (C=O) groups excluding carboxylic acids is 3. The third-order valence-electron chi connectivity index (χ3n) is 4.49. The van der Waals surface area contributed by atoms with Crippen molar-refractivity contribution in [2.75, 3.05) is 13.1 Å². The fraction of sp³-hybridized carbons (Fsp3) is 0.227. The van der Waals surface area contributed by atoms with E-state index < -0.39 is 29.5 Å². The quantitative estimate of drug-likeness (QED) is 0.618. The van der Waals surface area contributed by atoms with Crippen LogP contribution in [0.15, 0.2) is 42.5 Å². The van der Waals surface area contributed by atoms with Crippen LogP contribution in [-0.2, 0) is 11.0 Å². The van der Waals surface area contributed by atoms with E-state index in [-0.39, 0.29) is 25.1 Å². The predicted octanol–water partition coefficient (Wildman–Crippen LogP) is 3.17. The van der Waals surface area contributed by atoms with Crippen LogP contribution in [0.2, 0.25) is 0 Å². The molecular formula is C22H17F3N2O3. The Morgan fingerprint density at radius 2 is 1.80 bits per heavy atom. The van der Waals surface area contributed by atoms with Gasteiger partial charge in [-0.3, -0.25) is 19.3 Å². The maximum Gasteiger partial charge on any atom is 0.416 e. The highest BCUT2D eigenvalue weighted by Gasteiger charge is 2.35. The maximum atomic E-state index is 12.7. The van der Waals surface area contributed by atoms with Crippen LogP contribution in [0.4, 0.5) is 13.2 Å². The van der Waals surface area contributed by atoms with E-state index in [9.17, 15) is 27.6 Å². The number of carbonyl (C=O) groups is 3. The van der Waals surface area contributed by atoms with Crippen LogP contribution in [0.3, 0.4) is 0 Å². The topological polar surface area (TPSA) is 66.5 Å². The minimum Gasteiger partial charge on any atom is -0.345 e. The smallest absolute Gasteiger partial charge is 0.345 e. The van der Waals surface area contributed by atoms with Gasteiger partial charge in [0.15, 0.2) is 0 Å². The van der Waals surface area contributed by atoms with E-state index in [1.54, 1.807) is 18.2 Å². The molecule has 0 unspecified atom stereocenters. The number of amides is 3. The number of alkyl halides is 3. The van der Waals surface area contributed by atoms with Crippen molar-refractivity contribution in [2.45, 2.75) is 19.5 Å². The molecule has 30 heavy (non-hydrogen) atoms. The highest BCUT2D eigenvalue weighted by molar-refractivity contribution is 6.21. The lowest BCUT2D eigenvalue weighted by molar-refractivity contribution is -0.137. The van der Waals surface area contributed by atoms with E-state index in [0.29, 0.717) is 11.1 Å². The molecule has 0 atom stereocenters. The summed E-state index contributed by atoms with van der Waals surface area (Å²) >= 11 is 0. The molecule has 8 heteroatoms. The van der Waals surface area contributed by atoms with Gasteiger partial charge < -0.3 is 5.32 Å². The molecule has 3 rings (SSSR count). The lowest BCUT2D eigenvalue weighted by Crippen LogP contribution is -2.34. The van der Waals surface area contributed by atoms with Gasteiger partial charge in [0.25, 0.3) is 11.8 Å². The van der Waals surface area contributed by atoms with Gasteiger partial charge in [0.05, 0.1) is 23.2 Å². The van der Waals surface area contributed by atoms with E-state index in [0.717, 1.165) is 22.6 Å². The molecular weight excluding hydrogens is 397 g/mol. The van der Waals surface area contributed by atoms with Crippen molar-refractivity contribution in [3.8, 4) is 11.8 Å². The zero-order chi connectivity index (χ0) is 21.9. The molecule has 0 saturated heterocycles. The summed E-state index contributed by atoms with van der Waals surface area (Å²) in [5, 5.41) is 2.50. The number of rotatable bonds is 4. The summed E-state index contributed by atoms with van der Waals surface area (Å²) in [6, 6.07) is 9.55. The lowest BCUT2D eigenvalue weighted by Gasteiger charge is -2.12. The summed E-state index contributed by atoms with van der Waals surface area (Å²) in [6.45, 7) is 1.67. The first kappa shape index (κ1) is 21.1. The van der Waals surface area contributed by atoms with Gasteiger partial charge in [0, 0.05) is 18.5 Å². The third kappa shape index (κ3) is 4.69. The number of hydrogen-bond acceptors (Lipinski definition) is 3. The number of halogens is 3. The molecule has 0 bridgehead atoms. The Morgan fingerprint density at radius 3 is 2.53 bits per heavy atom. The molecule has 154 valence electrons. The van der Waals surface area contributed by atoms with Crippen LogP contribution in [0.25, 0.3) is 0 Å². The number of hydrogen-bond donors (Lipinski definition) is 1. The van der Waals surface area contributed by atoms with Gasteiger partial charge in [-0.1, -0.05) is 29.5 Å². The predicted molar refractivity (Wildman–Crippen MR) is 102 cm³/mol. The fourth-order valence-corrected chi connectivity index (χ4v) is 2.97. The summed E-state index contributed by atoms with van der Waals surface area (Å²) in [7, 11) is 0. The Morgan fingerprint density at radius 1 is 1.07 bits per heavy atom. The molecule has 0 aliphatic carbocycles. The Labute approximate surface area is 170 Å². The SMILES string of the molecule is Cc1ccc2c(c1)C(=O)N(CCC(=O)NCC#Cc1cccc(C(F)(F)F)c1)C2=O. The second-order valence-corrected chi connectivity index (χ2v) is 6.72. The fourth-order valence-electron chi connectivity index (χ4n) is 2.97. The van der Waals surface area contributed by atoms with Crippen molar-refractivity contribution in [1.82, 2.24) is 10.2 Å². The monoisotopic (exact) mass is 414 g/mol. The Balaban J connectivity index is 1.51. The first-order chi connectivity index (χ1) is 14.2. The van der Waals surface area contributed by atoms with E-state index in [4.69, 9.17) is 0 Å². The third-order valence-corrected chi connectivity index (χ3v) is 4.49. The Bertz CT molecular complexity index is 1080. The standard InChI is InChI=1S/C22H17F3N2O3/c1-14-7-8-17-18(12-14)21(30)27(20(17)29)11-9-19(28)26-10-3-5-15-4-2-6-16(13-15)22(23,24)25/h2,4,6-8,12-13H,9-11H2,1H3,(H,26,28). The van der Waals surface area contributed by atoms with Crippen molar-refractivity contribution in [1.29, 1.82) is 0 Å². The molecule has 0 aromatic heterocycles. The van der Waals surface area contributed by atoms with Crippen LogP contribution in [0.5, 0.6) is 0 Å². The van der Waals surface area contributed by atoms with Crippen LogP contribution < -0.4 is 5.32 Å². The van der Waals surface area contributed by atoms with E-state index in [1.165, 1.54) is 12.1 Å². The Hall–Kier alpha value is -3.60. The number of imide groups is 1. The first-order valence-corrected chi connectivity index (χ1v) is 9.06. The van der Waals surface area contributed by atoms with Gasteiger partial charge in [-0.25, -0.2) is 0 Å². The van der Waals surface area contributed by atoms with Gasteiger partial charge in [-0.05, 0) is 37.3 Å². The number of nitrogens with one attached hydrogen (secondary N) is 1. The van der Waals surface area contributed by atoms with Gasteiger partial charge in [-0.15, -0.1) is 0 Å². The van der Waals surface area contributed by atoms with E-state index in [2.05, 4.69) is 17.2 Å². The number of fused-ring (bicyclic) bond motifs is 1. The largest absolute Gasteiger partial charge is 0.416 e. The number of nitrogens with zero attached hydrogens (tertiary/aromatic N) is 1. The van der Waals surface area contributed by atoms with Crippen molar-refractivity contribution in [3.05, 3.63) is 70.3 Å². The van der Waals surface area contributed by atoms with Crippen LogP contribution in [0, 0.1) is 18.8 Å². The number of benzene rings is 2. The highest BCUT2D eigenvalue weighted by Crippen LogP contribution is 2.29. The number of aryl methyl sites for hydroxylation is 1. The highest BCUT2D eigenvalue weighted by atomic mass is 19.4. The second-order valence-electron chi connectivity index (χ2n) is 6.72. The molecule has 1 N–H and O–H groups in total. The van der Waals surface area contributed by atoms with Gasteiger partial charge in [0.1, 0.15) is 0 Å². The van der Waals surface area contributed by atoms with Crippen LogP contribution in [-0.4, -0.2) is 35.7 Å². The van der Waals surface area contributed by atoms with E-state index >= 15 is 0 Å². The summed E-state index contributed by atoms with van der Waals surface area (Å²) in [4.78, 5) is 37.7. The first-order valence-electron chi connectivity index (χ1n) is 9.06. The summed E-state index contributed by atoms with van der Waals surface area (Å²) in [5.74, 6) is 3.84. The van der Waals surface area contributed by atoms with E-state index in [1.807, 2.05) is 6.92 Å². The molecule has 0 saturated carbocycles. The van der Waals surface area contributed by atoms with Gasteiger partial charge >= 0.3 is 6.18 Å². The average Bonchev–Trinajstić information content (AvgIpc) is 2.93. The summed E-state index contributed by atoms with van der Waals surface area (Å²) in [6.07, 6.45) is -4.55. The molecule has 1 aliphatic heterocycles. The maximum absolute atomic E-state index is 12.7. The molecule has 5 nitrogen and oxygen atoms in total. The second kappa shape index (κ2) is 8.41. The van der Waals surface area contributed by atoms with Crippen molar-refractivity contribution >= 4 is 17.7 Å². The minimum absolute atomic E-state index is 0.0711. The zero-order valence-electron chi connectivity index (χ0n) is 16.0. The normalized spacial score (nSPS) is 13.0.